The minimum absolute atomic E-state index is 0.0914. The summed E-state index contributed by atoms with van der Waals surface area (Å²) in [5.41, 5.74) is 2.82. The number of thiazole rings is 1. The first kappa shape index (κ1) is 17.9. The van der Waals surface area contributed by atoms with Gasteiger partial charge in [-0.1, -0.05) is 0 Å². The van der Waals surface area contributed by atoms with Crippen LogP contribution in [0.2, 0.25) is 0 Å². The van der Waals surface area contributed by atoms with E-state index in [4.69, 9.17) is 14.2 Å². The molecule has 0 saturated carbocycles. The Labute approximate surface area is 155 Å². The monoisotopic (exact) mass is 373 g/mol. The number of rotatable bonds is 6. The van der Waals surface area contributed by atoms with Gasteiger partial charge in [0.05, 0.1) is 31.7 Å². The summed E-state index contributed by atoms with van der Waals surface area (Å²) in [6.45, 7) is 1.95. The summed E-state index contributed by atoms with van der Waals surface area (Å²) in [6, 6.07) is 3.28. The molecular weight excluding hydrogens is 354 g/mol. The van der Waals surface area contributed by atoms with Gasteiger partial charge in [0, 0.05) is 29.8 Å². The van der Waals surface area contributed by atoms with Crippen molar-refractivity contribution in [3.8, 4) is 22.1 Å². The number of esters is 1. The van der Waals surface area contributed by atoms with Crippen LogP contribution in [0.3, 0.4) is 0 Å². The molecule has 0 unspecified atom stereocenters. The summed E-state index contributed by atoms with van der Waals surface area (Å²) in [7, 11) is 4.95. The van der Waals surface area contributed by atoms with Crippen LogP contribution in [0.5, 0.6) is 11.5 Å². The van der Waals surface area contributed by atoms with Crippen molar-refractivity contribution in [2.45, 2.75) is 13.5 Å². The van der Waals surface area contributed by atoms with Gasteiger partial charge in [-0.05, 0) is 19.1 Å². The van der Waals surface area contributed by atoms with E-state index in [0.29, 0.717) is 22.8 Å². The standard InChI is InChI=1S/C18H19N3O4S/c1-11-15(23-3)5-12(6-16(11)24-4)18(22)25-9-14-10-26-17(20-14)13-7-19-21(2)8-13/h5-8,10H,9H2,1-4H3. The van der Waals surface area contributed by atoms with E-state index in [2.05, 4.69) is 10.1 Å². The Morgan fingerprint density at radius 2 is 1.92 bits per heavy atom. The van der Waals surface area contributed by atoms with Crippen LogP contribution in [0.25, 0.3) is 10.6 Å². The summed E-state index contributed by atoms with van der Waals surface area (Å²) >= 11 is 1.48. The zero-order valence-corrected chi connectivity index (χ0v) is 15.8. The molecule has 0 aliphatic carbocycles. The molecule has 7 nitrogen and oxygen atoms in total. The molecule has 0 spiro atoms. The number of carbonyl (C=O) groups excluding carboxylic acids is 1. The van der Waals surface area contributed by atoms with Gasteiger partial charge in [-0.3, -0.25) is 4.68 Å². The lowest BCUT2D eigenvalue weighted by Crippen LogP contribution is -2.07. The van der Waals surface area contributed by atoms with Gasteiger partial charge in [0.1, 0.15) is 23.1 Å². The van der Waals surface area contributed by atoms with E-state index >= 15 is 0 Å². The summed E-state index contributed by atoms with van der Waals surface area (Å²) in [5, 5.41) is 6.83. The summed E-state index contributed by atoms with van der Waals surface area (Å²) < 4.78 is 17.7. The molecule has 1 aromatic carbocycles. The molecule has 0 amide bonds. The second kappa shape index (κ2) is 7.57. The molecule has 26 heavy (non-hydrogen) atoms. The van der Waals surface area contributed by atoms with Crippen LogP contribution in [0.4, 0.5) is 0 Å². The number of ether oxygens (including phenoxy) is 3. The molecule has 0 N–H and O–H groups in total. The SMILES string of the molecule is COc1cc(C(=O)OCc2csc(-c3cnn(C)c3)n2)cc(OC)c1C. The topological polar surface area (TPSA) is 75.5 Å². The summed E-state index contributed by atoms with van der Waals surface area (Å²) in [5.74, 6) is 0.685. The molecule has 3 rings (SSSR count). The van der Waals surface area contributed by atoms with Gasteiger partial charge in [-0.15, -0.1) is 11.3 Å². The highest BCUT2D eigenvalue weighted by atomic mass is 32.1. The molecule has 0 radical (unpaired) electrons. The number of methoxy groups -OCH3 is 2. The molecule has 0 bridgehead atoms. The molecule has 136 valence electrons. The predicted octanol–water partition coefficient (Wildman–Crippen LogP) is 3.23. The molecule has 8 heteroatoms. The van der Waals surface area contributed by atoms with Crippen molar-refractivity contribution in [3.05, 3.63) is 46.7 Å². The number of aryl methyl sites for hydroxylation is 1. The van der Waals surface area contributed by atoms with E-state index in [-0.39, 0.29) is 6.61 Å². The van der Waals surface area contributed by atoms with Crippen molar-refractivity contribution in [1.29, 1.82) is 0 Å². The third-order valence-electron chi connectivity index (χ3n) is 3.84. The van der Waals surface area contributed by atoms with Crippen LogP contribution in [-0.2, 0) is 18.4 Å². The first-order valence-electron chi connectivity index (χ1n) is 7.85. The Bertz CT molecular complexity index is 907. The zero-order chi connectivity index (χ0) is 18.7. The molecule has 2 aromatic heterocycles. The molecule has 2 heterocycles. The first-order valence-corrected chi connectivity index (χ1v) is 8.73. The van der Waals surface area contributed by atoms with Crippen molar-refractivity contribution in [1.82, 2.24) is 14.8 Å². The van der Waals surface area contributed by atoms with Crippen molar-refractivity contribution < 1.29 is 19.0 Å². The van der Waals surface area contributed by atoms with Crippen LogP contribution >= 0.6 is 11.3 Å². The number of hydrogen-bond acceptors (Lipinski definition) is 7. The highest BCUT2D eigenvalue weighted by Gasteiger charge is 2.15. The first-order chi connectivity index (χ1) is 12.5. The van der Waals surface area contributed by atoms with Gasteiger partial charge >= 0.3 is 5.97 Å². The lowest BCUT2D eigenvalue weighted by molar-refractivity contribution is 0.0467. The van der Waals surface area contributed by atoms with Gasteiger partial charge in [0.15, 0.2) is 0 Å². The Hall–Kier alpha value is -2.87. The molecular formula is C18H19N3O4S. The van der Waals surface area contributed by atoms with Crippen LogP contribution in [0, 0.1) is 6.92 Å². The fraction of sp³-hybridized carbons (Fsp3) is 0.278. The normalized spacial score (nSPS) is 10.6. The minimum atomic E-state index is -0.461. The fourth-order valence-corrected chi connectivity index (χ4v) is 3.24. The van der Waals surface area contributed by atoms with Crippen molar-refractivity contribution in [2.75, 3.05) is 14.2 Å². The van der Waals surface area contributed by atoms with Gasteiger partial charge in [-0.2, -0.15) is 5.10 Å². The lowest BCUT2D eigenvalue weighted by atomic mass is 10.1. The smallest absolute Gasteiger partial charge is 0.338 e. The quantitative estimate of drug-likeness (QED) is 0.618. The lowest BCUT2D eigenvalue weighted by Gasteiger charge is -2.12. The van der Waals surface area contributed by atoms with Gasteiger partial charge in [0.25, 0.3) is 0 Å². The van der Waals surface area contributed by atoms with Crippen molar-refractivity contribution in [2.24, 2.45) is 7.05 Å². The highest BCUT2D eigenvalue weighted by Crippen LogP contribution is 2.30. The van der Waals surface area contributed by atoms with E-state index in [1.807, 2.05) is 25.5 Å². The second-order valence-corrected chi connectivity index (χ2v) is 6.49. The Kier molecular flexibility index (Phi) is 5.22. The maximum absolute atomic E-state index is 12.4. The Morgan fingerprint density at radius 3 is 2.50 bits per heavy atom. The van der Waals surface area contributed by atoms with Crippen LogP contribution < -0.4 is 9.47 Å². The maximum atomic E-state index is 12.4. The molecule has 0 aliphatic heterocycles. The van der Waals surface area contributed by atoms with E-state index in [9.17, 15) is 4.79 Å². The number of aromatic nitrogens is 3. The number of carbonyl (C=O) groups is 1. The number of nitrogens with zero attached hydrogens (tertiary/aromatic N) is 3. The number of hydrogen-bond donors (Lipinski definition) is 0. The van der Waals surface area contributed by atoms with E-state index < -0.39 is 5.97 Å². The van der Waals surface area contributed by atoms with Crippen LogP contribution in [0.15, 0.2) is 29.9 Å². The molecule has 0 saturated heterocycles. The highest BCUT2D eigenvalue weighted by molar-refractivity contribution is 7.13. The van der Waals surface area contributed by atoms with Crippen LogP contribution in [-0.4, -0.2) is 35.0 Å². The van der Waals surface area contributed by atoms with Gasteiger partial charge in [-0.25, -0.2) is 9.78 Å². The van der Waals surface area contributed by atoms with Crippen molar-refractivity contribution >= 4 is 17.3 Å². The fourth-order valence-electron chi connectivity index (χ4n) is 2.46. The van der Waals surface area contributed by atoms with E-state index in [1.54, 1.807) is 37.2 Å². The van der Waals surface area contributed by atoms with E-state index in [0.717, 1.165) is 16.1 Å². The molecule has 0 atom stereocenters. The second-order valence-electron chi connectivity index (χ2n) is 5.63. The van der Waals surface area contributed by atoms with Crippen molar-refractivity contribution in [3.63, 3.8) is 0 Å². The summed E-state index contributed by atoms with van der Waals surface area (Å²) in [6.07, 6.45) is 3.64. The minimum Gasteiger partial charge on any atom is -0.496 e. The maximum Gasteiger partial charge on any atom is 0.338 e. The van der Waals surface area contributed by atoms with Gasteiger partial charge in [0.2, 0.25) is 0 Å². The predicted molar refractivity (Wildman–Crippen MR) is 97.7 cm³/mol. The van der Waals surface area contributed by atoms with E-state index in [1.165, 1.54) is 11.3 Å². The average molecular weight is 373 g/mol. The van der Waals surface area contributed by atoms with Gasteiger partial charge < -0.3 is 14.2 Å². The number of benzene rings is 1. The van der Waals surface area contributed by atoms with Crippen LogP contribution in [0.1, 0.15) is 21.6 Å². The molecule has 0 fully saturated rings. The Balaban J connectivity index is 1.70. The Morgan fingerprint density at radius 1 is 1.23 bits per heavy atom. The third-order valence-corrected chi connectivity index (χ3v) is 4.78. The zero-order valence-electron chi connectivity index (χ0n) is 15.0. The molecule has 3 aromatic rings. The average Bonchev–Trinajstić information content (AvgIpc) is 3.28. The third kappa shape index (κ3) is 3.70. The molecule has 0 aliphatic rings. The largest absolute Gasteiger partial charge is 0.496 e. The summed E-state index contributed by atoms with van der Waals surface area (Å²) in [4.78, 5) is 16.9.